The lowest BCUT2D eigenvalue weighted by Gasteiger charge is -2.31. The maximum Gasteiger partial charge on any atom is 0.373 e. The number of hydrogen-bond donors (Lipinski definition) is 1. The zero-order valence-corrected chi connectivity index (χ0v) is 17.4. The molecule has 29 heavy (non-hydrogen) atoms. The molecular weight excluding hydrogens is 411 g/mol. The summed E-state index contributed by atoms with van der Waals surface area (Å²) in [6.45, 7) is 3.54. The lowest BCUT2D eigenvalue weighted by molar-refractivity contribution is -0.191. The number of amides is 1. The highest BCUT2D eigenvalue weighted by Crippen LogP contribution is 2.35. The quantitative estimate of drug-likeness (QED) is 0.637. The molecule has 5 nitrogen and oxygen atoms in total. The van der Waals surface area contributed by atoms with Crippen molar-refractivity contribution >= 4 is 46.2 Å². The van der Waals surface area contributed by atoms with Crippen molar-refractivity contribution in [1.82, 2.24) is 9.88 Å². The molecule has 1 atom stereocenters. The molecule has 0 aliphatic carbocycles. The van der Waals surface area contributed by atoms with Gasteiger partial charge in [0.2, 0.25) is 5.91 Å². The minimum Gasteiger partial charge on any atom is -0.357 e. The summed E-state index contributed by atoms with van der Waals surface area (Å²) in [5, 5.41) is 2.64. The Morgan fingerprint density at radius 1 is 1.14 bits per heavy atom. The first-order valence-electron chi connectivity index (χ1n) is 9.24. The number of fused-ring (bicyclic) bond motifs is 3. The van der Waals surface area contributed by atoms with Gasteiger partial charge in [0.1, 0.15) is 0 Å². The molecular formula is C22H20Cl2N2O3. The number of halogens is 2. The summed E-state index contributed by atoms with van der Waals surface area (Å²) in [5.74, 6) is 0.472. The van der Waals surface area contributed by atoms with Crippen LogP contribution >= 0.6 is 23.2 Å². The summed E-state index contributed by atoms with van der Waals surface area (Å²) in [5.41, 5.74) is 4.64. The van der Waals surface area contributed by atoms with Crippen LogP contribution in [0.15, 0.2) is 42.5 Å². The Morgan fingerprint density at radius 2 is 1.79 bits per heavy atom. The van der Waals surface area contributed by atoms with Gasteiger partial charge in [0.05, 0.1) is 6.54 Å². The van der Waals surface area contributed by atoms with Crippen molar-refractivity contribution in [3.05, 3.63) is 69.3 Å². The zero-order valence-electron chi connectivity index (χ0n) is 15.9. The molecule has 1 aliphatic heterocycles. The van der Waals surface area contributed by atoms with Gasteiger partial charge in [-0.15, -0.1) is 0 Å². The molecule has 0 fully saturated rings. The number of rotatable bonds is 3. The Morgan fingerprint density at radius 3 is 2.48 bits per heavy atom. The van der Waals surface area contributed by atoms with Gasteiger partial charge < -0.3 is 9.88 Å². The number of hydrogen-bond acceptors (Lipinski definition) is 3. The SMILES string of the molecule is CC1CN(C(=O)CCc2ccc(Cl)cc2)Cc2[nH]c3ccc(Cl)cc3c21.O=C=O. The van der Waals surface area contributed by atoms with Crippen molar-refractivity contribution in [2.24, 2.45) is 0 Å². The van der Waals surface area contributed by atoms with Gasteiger partial charge in [0.15, 0.2) is 0 Å². The topological polar surface area (TPSA) is 70.2 Å². The molecule has 1 aromatic heterocycles. The van der Waals surface area contributed by atoms with Crippen LogP contribution in [0, 0.1) is 0 Å². The molecule has 1 N–H and O–H groups in total. The highest BCUT2D eigenvalue weighted by atomic mass is 35.5. The molecule has 0 saturated heterocycles. The Labute approximate surface area is 178 Å². The molecule has 150 valence electrons. The van der Waals surface area contributed by atoms with Crippen LogP contribution in [-0.4, -0.2) is 28.5 Å². The molecule has 2 aromatic carbocycles. The van der Waals surface area contributed by atoms with E-state index in [2.05, 4.69) is 11.9 Å². The van der Waals surface area contributed by atoms with E-state index >= 15 is 0 Å². The Hall–Kier alpha value is -2.59. The normalized spacial score (nSPS) is 15.3. The molecule has 1 amide bonds. The monoisotopic (exact) mass is 430 g/mol. The van der Waals surface area contributed by atoms with E-state index in [0.717, 1.165) is 39.8 Å². The first-order valence-corrected chi connectivity index (χ1v) is 10.00. The second-order valence-corrected chi connectivity index (χ2v) is 7.97. The molecule has 4 rings (SSSR count). The highest BCUT2D eigenvalue weighted by Gasteiger charge is 2.28. The fraction of sp³-hybridized carbons (Fsp3) is 0.273. The van der Waals surface area contributed by atoms with Gasteiger partial charge in [-0.25, -0.2) is 0 Å². The molecule has 1 aliphatic rings. The van der Waals surface area contributed by atoms with Gasteiger partial charge in [0.25, 0.3) is 0 Å². The third-order valence-electron chi connectivity index (χ3n) is 5.11. The van der Waals surface area contributed by atoms with E-state index in [1.165, 1.54) is 10.9 Å². The second-order valence-electron chi connectivity index (χ2n) is 7.09. The van der Waals surface area contributed by atoms with E-state index in [4.69, 9.17) is 32.8 Å². The highest BCUT2D eigenvalue weighted by molar-refractivity contribution is 6.31. The van der Waals surface area contributed by atoms with Gasteiger partial charge in [0, 0.05) is 45.5 Å². The van der Waals surface area contributed by atoms with Crippen LogP contribution in [0.3, 0.4) is 0 Å². The summed E-state index contributed by atoms with van der Waals surface area (Å²) in [7, 11) is 0. The maximum absolute atomic E-state index is 12.7. The number of H-pyrrole nitrogens is 1. The van der Waals surface area contributed by atoms with Crippen LogP contribution in [0.1, 0.15) is 36.1 Å². The number of carbonyl (C=O) groups excluding carboxylic acids is 3. The summed E-state index contributed by atoms with van der Waals surface area (Å²) in [6.07, 6.45) is 1.49. The summed E-state index contributed by atoms with van der Waals surface area (Å²) >= 11 is 12.1. The van der Waals surface area contributed by atoms with Gasteiger partial charge >= 0.3 is 6.15 Å². The summed E-state index contributed by atoms with van der Waals surface area (Å²) < 4.78 is 0. The minimum atomic E-state index is 0.189. The van der Waals surface area contributed by atoms with Crippen molar-refractivity contribution in [2.75, 3.05) is 6.54 Å². The predicted octanol–water partition coefficient (Wildman–Crippen LogP) is 4.97. The fourth-order valence-corrected chi connectivity index (χ4v) is 4.15. The van der Waals surface area contributed by atoms with Crippen molar-refractivity contribution in [3.63, 3.8) is 0 Å². The number of carbonyl (C=O) groups is 1. The number of nitrogens with zero attached hydrogens (tertiary/aromatic N) is 1. The van der Waals surface area contributed by atoms with Crippen LogP contribution in [0.5, 0.6) is 0 Å². The van der Waals surface area contributed by atoms with Crippen LogP contribution in [0.4, 0.5) is 0 Å². The average Bonchev–Trinajstić information content (AvgIpc) is 3.06. The number of aromatic nitrogens is 1. The van der Waals surface area contributed by atoms with Gasteiger partial charge in [-0.1, -0.05) is 42.3 Å². The molecule has 0 bridgehead atoms. The van der Waals surface area contributed by atoms with Crippen LogP contribution in [0.25, 0.3) is 10.9 Å². The van der Waals surface area contributed by atoms with E-state index in [0.29, 0.717) is 13.0 Å². The third-order valence-corrected chi connectivity index (χ3v) is 5.60. The fourth-order valence-electron chi connectivity index (χ4n) is 3.86. The largest absolute Gasteiger partial charge is 0.373 e. The van der Waals surface area contributed by atoms with Crippen molar-refractivity contribution in [1.29, 1.82) is 0 Å². The van der Waals surface area contributed by atoms with Gasteiger partial charge in [-0.3, -0.25) is 4.79 Å². The standard InChI is InChI=1S/C21H20Cl2N2O.CO2/c1-13-11-25(20(26)9-4-14-2-5-15(22)6-3-14)12-19-21(13)17-10-16(23)7-8-18(17)24-19;2-1-3/h2-3,5-8,10,13,24H,4,9,11-12H2,1H3;. The smallest absolute Gasteiger partial charge is 0.357 e. The van der Waals surface area contributed by atoms with Crippen molar-refractivity contribution < 1.29 is 14.4 Å². The first-order chi connectivity index (χ1) is 13.9. The summed E-state index contributed by atoms with van der Waals surface area (Å²) in [4.78, 5) is 34.4. The number of nitrogens with one attached hydrogen (secondary N) is 1. The van der Waals surface area contributed by atoms with Crippen LogP contribution in [-0.2, 0) is 27.3 Å². The predicted molar refractivity (Wildman–Crippen MR) is 112 cm³/mol. The third kappa shape index (κ3) is 4.88. The maximum atomic E-state index is 12.7. The molecule has 3 aromatic rings. The average molecular weight is 431 g/mol. The number of aryl methyl sites for hydroxylation is 1. The Balaban J connectivity index is 0.000000755. The molecule has 0 radical (unpaired) electrons. The van der Waals surface area contributed by atoms with Crippen LogP contribution in [0.2, 0.25) is 10.0 Å². The van der Waals surface area contributed by atoms with E-state index in [9.17, 15) is 4.79 Å². The molecule has 1 unspecified atom stereocenters. The van der Waals surface area contributed by atoms with Gasteiger partial charge in [-0.2, -0.15) is 9.59 Å². The lowest BCUT2D eigenvalue weighted by Crippen LogP contribution is -2.37. The van der Waals surface area contributed by atoms with E-state index < -0.39 is 0 Å². The number of aromatic amines is 1. The lowest BCUT2D eigenvalue weighted by atomic mass is 9.93. The number of benzene rings is 2. The molecule has 7 heteroatoms. The zero-order chi connectivity index (χ0) is 21.0. The van der Waals surface area contributed by atoms with Crippen LogP contribution < -0.4 is 0 Å². The molecule has 0 spiro atoms. The van der Waals surface area contributed by atoms with Crippen molar-refractivity contribution in [3.8, 4) is 0 Å². The van der Waals surface area contributed by atoms with E-state index in [-0.39, 0.29) is 18.0 Å². The molecule has 0 saturated carbocycles. The van der Waals surface area contributed by atoms with E-state index in [1.807, 2.05) is 47.4 Å². The Bertz CT molecular complexity index is 1050. The minimum absolute atomic E-state index is 0.189. The van der Waals surface area contributed by atoms with E-state index in [1.54, 1.807) is 0 Å². The molecule has 2 heterocycles. The summed E-state index contributed by atoms with van der Waals surface area (Å²) in [6, 6.07) is 13.6. The Kier molecular flexibility index (Phi) is 6.75. The first kappa shape index (κ1) is 21.1. The second kappa shape index (κ2) is 9.27. The van der Waals surface area contributed by atoms with Gasteiger partial charge in [-0.05, 0) is 47.9 Å². The van der Waals surface area contributed by atoms with Crippen molar-refractivity contribution in [2.45, 2.75) is 32.2 Å².